The highest BCUT2D eigenvalue weighted by Gasteiger charge is 2.35. The Morgan fingerprint density at radius 3 is 2.69 bits per heavy atom. The predicted molar refractivity (Wildman–Crippen MR) is 101 cm³/mol. The highest BCUT2D eigenvalue weighted by atomic mass is 35.5. The summed E-state index contributed by atoms with van der Waals surface area (Å²) in [5, 5.41) is 4.49. The van der Waals surface area contributed by atoms with Gasteiger partial charge in [0, 0.05) is 29.2 Å². The summed E-state index contributed by atoms with van der Waals surface area (Å²) in [6.45, 7) is 0.318. The number of hydrogen-bond acceptors (Lipinski definition) is 4. The molecule has 1 atom stereocenters. The van der Waals surface area contributed by atoms with Gasteiger partial charge in [0.2, 0.25) is 11.8 Å². The summed E-state index contributed by atoms with van der Waals surface area (Å²) in [7, 11) is 1.58. The summed E-state index contributed by atoms with van der Waals surface area (Å²) < 4.78 is 5.11. The van der Waals surface area contributed by atoms with Crippen molar-refractivity contribution in [1.82, 2.24) is 5.43 Å². The van der Waals surface area contributed by atoms with Gasteiger partial charge in [-0.05, 0) is 30.3 Å². The molecular formula is C19H18ClN3O3. The van der Waals surface area contributed by atoms with E-state index >= 15 is 0 Å². The Hall–Kier alpha value is -2.86. The molecule has 2 aromatic rings. The molecule has 0 spiro atoms. The van der Waals surface area contributed by atoms with Gasteiger partial charge in [0.1, 0.15) is 5.75 Å². The van der Waals surface area contributed by atoms with Crippen molar-refractivity contribution in [3.8, 4) is 5.75 Å². The van der Waals surface area contributed by atoms with Crippen LogP contribution in [-0.2, 0) is 9.59 Å². The van der Waals surface area contributed by atoms with Gasteiger partial charge >= 0.3 is 0 Å². The second-order valence-electron chi connectivity index (χ2n) is 5.86. The zero-order valence-corrected chi connectivity index (χ0v) is 14.9. The quantitative estimate of drug-likeness (QED) is 0.649. The van der Waals surface area contributed by atoms with Crippen LogP contribution in [0, 0.1) is 5.92 Å². The first-order valence-corrected chi connectivity index (χ1v) is 8.48. The van der Waals surface area contributed by atoms with Crippen molar-refractivity contribution in [2.24, 2.45) is 11.0 Å². The monoisotopic (exact) mass is 371 g/mol. The van der Waals surface area contributed by atoms with Crippen LogP contribution in [0.25, 0.3) is 0 Å². The maximum atomic E-state index is 12.3. The molecule has 0 aromatic heterocycles. The molecule has 3 rings (SSSR count). The van der Waals surface area contributed by atoms with Gasteiger partial charge in [0.15, 0.2) is 0 Å². The van der Waals surface area contributed by atoms with Crippen molar-refractivity contribution >= 4 is 35.3 Å². The molecule has 0 saturated carbocycles. The van der Waals surface area contributed by atoms with Crippen LogP contribution in [0.2, 0.25) is 5.02 Å². The van der Waals surface area contributed by atoms with Crippen molar-refractivity contribution in [3.63, 3.8) is 0 Å². The normalized spacial score (nSPS) is 16.9. The minimum atomic E-state index is -0.451. The molecule has 1 aliphatic rings. The van der Waals surface area contributed by atoms with Crippen molar-refractivity contribution < 1.29 is 14.3 Å². The molecule has 1 aliphatic heterocycles. The smallest absolute Gasteiger partial charge is 0.245 e. The molecule has 2 aromatic carbocycles. The van der Waals surface area contributed by atoms with Crippen LogP contribution in [0.1, 0.15) is 12.0 Å². The Morgan fingerprint density at radius 1 is 1.27 bits per heavy atom. The van der Waals surface area contributed by atoms with Gasteiger partial charge in [0.25, 0.3) is 0 Å². The van der Waals surface area contributed by atoms with Gasteiger partial charge in [-0.2, -0.15) is 5.10 Å². The van der Waals surface area contributed by atoms with Crippen LogP contribution >= 0.6 is 11.6 Å². The number of halogens is 1. The first kappa shape index (κ1) is 17.9. The average molecular weight is 372 g/mol. The van der Waals surface area contributed by atoms with E-state index in [1.807, 2.05) is 12.1 Å². The largest absolute Gasteiger partial charge is 0.497 e. The Labute approximate surface area is 156 Å². The number of carbonyl (C=O) groups is 2. The number of hydrogen-bond donors (Lipinski definition) is 1. The van der Waals surface area contributed by atoms with Crippen LogP contribution in [0.5, 0.6) is 5.75 Å². The van der Waals surface area contributed by atoms with E-state index in [1.54, 1.807) is 48.4 Å². The van der Waals surface area contributed by atoms with Crippen molar-refractivity contribution in [1.29, 1.82) is 0 Å². The van der Waals surface area contributed by atoms with Gasteiger partial charge in [0.05, 0.1) is 19.2 Å². The lowest BCUT2D eigenvalue weighted by Gasteiger charge is -2.16. The number of hydrazone groups is 1. The molecule has 6 nitrogen and oxygen atoms in total. The number of ether oxygens (including phenoxy) is 1. The summed E-state index contributed by atoms with van der Waals surface area (Å²) in [4.78, 5) is 26.1. The third-order valence-corrected chi connectivity index (χ3v) is 4.51. The second-order valence-corrected chi connectivity index (χ2v) is 6.27. The van der Waals surface area contributed by atoms with Gasteiger partial charge in [-0.3, -0.25) is 9.59 Å². The summed E-state index contributed by atoms with van der Waals surface area (Å²) in [5.41, 5.74) is 3.93. The number of nitrogens with one attached hydrogen (secondary N) is 1. The fourth-order valence-electron chi connectivity index (χ4n) is 2.73. The van der Waals surface area contributed by atoms with E-state index in [9.17, 15) is 9.59 Å². The van der Waals surface area contributed by atoms with Gasteiger partial charge in [-0.15, -0.1) is 0 Å². The molecule has 26 heavy (non-hydrogen) atoms. The van der Waals surface area contributed by atoms with Crippen LogP contribution < -0.4 is 15.1 Å². The van der Waals surface area contributed by atoms with Crippen LogP contribution in [0.3, 0.4) is 0 Å². The van der Waals surface area contributed by atoms with E-state index in [-0.39, 0.29) is 18.2 Å². The summed E-state index contributed by atoms with van der Waals surface area (Å²) in [6.07, 6.45) is 1.64. The number of rotatable bonds is 5. The van der Waals surface area contributed by atoms with E-state index in [4.69, 9.17) is 16.3 Å². The molecule has 0 bridgehead atoms. The molecular weight excluding hydrogens is 354 g/mol. The lowest BCUT2D eigenvalue weighted by Crippen LogP contribution is -2.30. The summed E-state index contributed by atoms with van der Waals surface area (Å²) in [6, 6.07) is 14.3. The first-order chi connectivity index (χ1) is 12.6. The fraction of sp³-hybridized carbons (Fsp3) is 0.211. The number of nitrogens with zero attached hydrogens (tertiary/aromatic N) is 2. The van der Waals surface area contributed by atoms with E-state index in [2.05, 4.69) is 10.5 Å². The average Bonchev–Trinajstić information content (AvgIpc) is 3.05. The Kier molecular flexibility index (Phi) is 5.53. The van der Waals surface area contributed by atoms with Crippen molar-refractivity contribution in [3.05, 3.63) is 59.1 Å². The first-order valence-electron chi connectivity index (χ1n) is 8.10. The Morgan fingerprint density at radius 2 is 2.00 bits per heavy atom. The molecule has 7 heteroatoms. The molecule has 0 aliphatic carbocycles. The lowest BCUT2D eigenvalue weighted by molar-refractivity contribution is -0.126. The van der Waals surface area contributed by atoms with Gasteiger partial charge in [-0.25, -0.2) is 5.43 Å². The number of carbonyl (C=O) groups excluding carboxylic acids is 2. The number of benzene rings is 2. The SMILES string of the molecule is COc1ccc(N2CC(C(=O)NN=Cc3ccccc3Cl)CC2=O)cc1. The zero-order valence-electron chi connectivity index (χ0n) is 14.2. The fourth-order valence-corrected chi connectivity index (χ4v) is 2.92. The molecule has 1 heterocycles. The Bertz CT molecular complexity index is 836. The standard InChI is InChI=1S/C19H18ClN3O3/c1-26-16-8-6-15(7-9-16)23-12-14(10-18(23)24)19(25)22-21-11-13-4-2-3-5-17(13)20/h2-9,11,14H,10,12H2,1H3,(H,22,25). The van der Waals surface area contributed by atoms with Crippen LogP contribution in [-0.4, -0.2) is 31.7 Å². The minimum absolute atomic E-state index is 0.0922. The molecule has 134 valence electrons. The third kappa shape index (κ3) is 4.03. The van der Waals surface area contributed by atoms with E-state index in [1.165, 1.54) is 6.21 Å². The predicted octanol–water partition coefficient (Wildman–Crippen LogP) is 2.85. The van der Waals surface area contributed by atoms with Gasteiger partial charge in [-0.1, -0.05) is 29.8 Å². The number of amides is 2. The maximum Gasteiger partial charge on any atom is 0.245 e. The highest BCUT2D eigenvalue weighted by Crippen LogP contribution is 2.26. The maximum absolute atomic E-state index is 12.3. The zero-order chi connectivity index (χ0) is 18.5. The van der Waals surface area contributed by atoms with Crippen molar-refractivity contribution in [2.75, 3.05) is 18.6 Å². The van der Waals surface area contributed by atoms with Crippen molar-refractivity contribution in [2.45, 2.75) is 6.42 Å². The molecule has 1 saturated heterocycles. The summed E-state index contributed by atoms with van der Waals surface area (Å²) in [5.74, 6) is -0.125. The topological polar surface area (TPSA) is 71.0 Å². The molecule has 1 N–H and O–H groups in total. The third-order valence-electron chi connectivity index (χ3n) is 4.16. The molecule has 2 amide bonds. The lowest BCUT2D eigenvalue weighted by atomic mass is 10.1. The minimum Gasteiger partial charge on any atom is -0.497 e. The molecule has 1 unspecified atom stereocenters. The summed E-state index contributed by atoms with van der Waals surface area (Å²) >= 11 is 6.03. The van der Waals surface area contributed by atoms with E-state index in [0.717, 1.165) is 5.69 Å². The highest BCUT2D eigenvalue weighted by molar-refractivity contribution is 6.33. The van der Waals surface area contributed by atoms with Crippen LogP contribution in [0.4, 0.5) is 5.69 Å². The molecule has 0 radical (unpaired) electrons. The van der Waals surface area contributed by atoms with Gasteiger partial charge < -0.3 is 9.64 Å². The van der Waals surface area contributed by atoms with Crippen LogP contribution in [0.15, 0.2) is 53.6 Å². The van der Waals surface area contributed by atoms with E-state index < -0.39 is 5.92 Å². The molecule has 1 fully saturated rings. The second kappa shape index (κ2) is 8.01. The number of methoxy groups -OCH3 is 1. The number of anilines is 1. The Balaban J connectivity index is 1.60. The van der Waals surface area contributed by atoms with E-state index in [0.29, 0.717) is 22.9 Å².